The molecule has 0 spiro atoms. The summed E-state index contributed by atoms with van der Waals surface area (Å²) < 4.78 is 26.6. The van der Waals surface area contributed by atoms with Crippen molar-refractivity contribution in [1.29, 1.82) is 0 Å². The summed E-state index contributed by atoms with van der Waals surface area (Å²) in [5.74, 6) is -3.89. The lowest BCUT2D eigenvalue weighted by molar-refractivity contribution is -0.159. The molecule has 0 unspecified atom stereocenters. The molecule has 172 valence electrons. The van der Waals surface area contributed by atoms with Crippen molar-refractivity contribution in [3.05, 3.63) is 41.5 Å². The molecule has 0 heterocycles. The first-order chi connectivity index (χ1) is 15.3. The van der Waals surface area contributed by atoms with Crippen LogP contribution in [0.4, 0.5) is 0 Å². The Kier molecular flexibility index (Phi) is 6.67. The molecule has 0 saturated heterocycles. The van der Waals surface area contributed by atoms with Crippen LogP contribution in [0.1, 0.15) is 23.0 Å². The van der Waals surface area contributed by atoms with E-state index in [4.69, 9.17) is 23.7 Å². The zero-order chi connectivity index (χ0) is 23.6. The highest BCUT2D eigenvalue weighted by Gasteiger charge is 2.59. The van der Waals surface area contributed by atoms with Crippen LogP contribution in [0.2, 0.25) is 0 Å². The molecule has 32 heavy (non-hydrogen) atoms. The number of ether oxygens (including phenoxy) is 5. The first-order valence-corrected chi connectivity index (χ1v) is 9.80. The van der Waals surface area contributed by atoms with E-state index >= 15 is 0 Å². The average molecular weight is 446 g/mol. The standard InChI is InChI=1S/C23H26O9/c1-28-13-7-6-11(8-14(13)29-2)17-19(22(24)25)18(20(17)23(26)27)12-9-15(30-3)21(32-5)16(10-12)31-4/h6-10,17-20H,1-5H3,(H,24,25)(H,26,27)/t17?,18?,19-,20-/m1/s1. The van der Waals surface area contributed by atoms with E-state index in [1.165, 1.54) is 35.5 Å². The Morgan fingerprint density at radius 2 is 1.06 bits per heavy atom. The van der Waals surface area contributed by atoms with Crippen LogP contribution in [0.5, 0.6) is 28.7 Å². The number of hydrogen-bond donors (Lipinski definition) is 2. The van der Waals surface area contributed by atoms with Gasteiger partial charge in [0.1, 0.15) is 0 Å². The summed E-state index contributed by atoms with van der Waals surface area (Å²) in [6.07, 6.45) is 0. The molecule has 0 bridgehead atoms. The Hall–Kier alpha value is -3.62. The Morgan fingerprint density at radius 3 is 1.47 bits per heavy atom. The van der Waals surface area contributed by atoms with Crippen molar-refractivity contribution < 1.29 is 43.5 Å². The fourth-order valence-corrected chi connectivity index (χ4v) is 4.55. The molecule has 1 fully saturated rings. The Balaban J connectivity index is 2.13. The van der Waals surface area contributed by atoms with Crippen LogP contribution < -0.4 is 23.7 Å². The van der Waals surface area contributed by atoms with Gasteiger partial charge < -0.3 is 33.9 Å². The predicted molar refractivity (Wildman–Crippen MR) is 113 cm³/mol. The van der Waals surface area contributed by atoms with Crippen molar-refractivity contribution in [3.8, 4) is 28.7 Å². The van der Waals surface area contributed by atoms with Crippen molar-refractivity contribution >= 4 is 11.9 Å². The topological polar surface area (TPSA) is 121 Å². The second-order valence-corrected chi connectivity index (χ2v) is 7.35. The van der Waals surface area contributed by atoms with Gasteiger partial charge in [-0.2, -0.15) is 0 Å². The molecule has 0 aliphatic heterocycles. The smallest absolute Gasteiger partial charge is 0.307 e. The second-order valence-electron chi connectivity index (χ2n) is 7.35. The van der Waals surface area contributed by atoms with E-state index in [0.717, 1.165) is 0 Å². The fraction of sp³-hybridized carbons (Fsp3) is 0.391. The Bertz CT molecular complexity index is 970. The summed E-state index contributed by atoms with van der Waals surface area (Å²) in [7, 11) is 7.29. The van der Waals surface area contributed by atoms with Crippen LogP contribution in [0.15, 0.2) is 30.3 Å². The van der Waals surface area contributed by atoms with Gasteiger partial charge in [0, 0.05) is 11.8 Å². The van der Waals surface area contributed by atoms with Crippen LogP contribution in [0.3, 0.4) is 0 Å². The lowest BCUT2D eigenvalue weighted by atomic mass is 9.52. The first-order valence-electron chi connectivity index (χ1n) is 9.80. The number of rotatable bonds is 9. The van der Waals surface area contributed by atoms with Gasteiger partial charge >= 0.3 is 11.9 Å². The summed E-state index contributed by atoms with van der Waals surface area (Å²) in [5.41, 5.74) is 1.03. The van der Waals surface area contributed by atoms with Gasteiger partial charge in [0.2, 0.25) is 5.75 Å². The molecule has 1 saturated carbocycles. The van der Waals surface area contributed by atoms with Crippen LogP contribution in [-0.2, 0) is 9.59 Å². The zero-order valence-electron chi connectivity index (χ0n) is 18.4. The normalized spacial score (nSPS) is 21.8. The molecule has 0 radical (unpaired) electrons. The van der Waals surface area contributed by atoms with E-state index < -0.39 is 35.6 Å². The number of carbonyl (C=O) groups is 2. The van der Waals surface area contributed by atoms with Gasteiger partial charge in [0.15, 0.2) is 23.0 Å². The summed E-state index contributed by atoms with van der Waals surface area (Å²) in [6.45, 7) is 0. The molecular formula is C23H26O9. The largest absolute Gasteiger partial charge is 0.493 e. The fourth-order valence-electron chi connectivity index (χ4n) is 4.55. The van der Waals surface area contributed by atoms with Gasteiger partial charge in [-0.25, -0.2) is 0 Å². The summed E-state index contributed by atoms with van der Waals surface area (Å²) in [4.78, 5) is 24.6. The molecule has 0 amide bonds. The summed E-state index contributed by atoms with van der Waals surface area (Å²) in [6, 6.07) is 8.13. The van der Waals surface area contributed by atoms with Gasteiger partial charge in [0.25, 0.3) is 0 Å². The van der Waals surface area contributed by atoms with Gasteiger partial charge in [0.05, 0.1) is 47.4 Å². The van der Waals surface area contributed by atoms with Gasteiger partial charge in [-0.05, 0) is 35.4 Å². The van der Waals surface area contributed by atoms with Crippen LogP contribution in [0.25, 0.3) is 0 Å². The minimum Gasteiger partial charge on any atom is -0.493 e. The molecule has 2 atom stereocenters. The van der Waals surface area contributed by atoms with Crippen LogP contribution in [-0.4, -0.2) is 57.7 Å². The van der Waals surface area contributed by atoms with Crippen molar-refractivity contribution in [2.45, 2.75) is 11.8 Å². The summed E-state index contributed by atoms with van der Waals surface area (Å²) in [5, 5.41) is 20.1. The number of aliphatic carboxylic acids is 2. The molecule has 3 rings (SSSR count). The minimum atomic E-state index is -1.10. The average Bonchev–Trinajstić information content (AvgIpc) is 2.76. The number of hydrogen-bond acceptors (Lipinski definition) is 7. The molecule has 2 aromatic carbocycles. The van der Waals surface area contributed by atoms with Gasteiger partial charge in [-0.3, -0.25) is 9.59 Å². The highest BCUT2D eigenvalue weighted by Crippen LogP contribution is 2.59. The van der Waals surface area contributed by atoms with Crippen molar-refractivity contribution in [3.63, 3.8) is 0 Å². The first kappa shape index (κ1) is 23.1. The maximum atomic E-state index is 12.3. The van der Waals surface area contributed by atoms with Crippen molar-refractivity contribution in [2.75, 3.05) is 35.5 Å². The van der Waals surface area contributed by atoms with Crippen molar-refractivity contribution in [2.24, 2.45) is 11.8 Å². The third-order valence-corrected chi connectivity index (χ3v) is 5.98. The van der Waals surface area contributed by atoms with E-state index in [1.54, 1.807) is 30.3 Å². The molecule has 1 aliphatic rings. The molecule has 1 aliphatic carbocycles. The quantitative estimate of drug-likeness (QED) is 0.599. The van der Waals surface area contributed by atoms with E-state index in [0.29, 0.717) is 39.9 Å². The number of carboxylic acids is 2. The third-order valence-electron chi connectivity index (χ3n) is 5.98. The molecule has 9 nitrogen and oxygen atoms in total. The molecular weight excluding hydrogens is 420 g/mol. The highest BCUT2D eigenvalue weighted by molar-refractivity contribution is 5.84. The highest BCUT2D eigenvalue weighted by atomic mass is 16.5. The van der Waals surface area contributed by atoms with E-state index in [2.05, 4.69) is 0 Å². The van der Waals surface area contributed by atoms with E-state index in [1.807, 2.05) is 0 Å². The van der Waals surface area contributed by atoms with Gasteiger partial charge in [-0.1, -0.05) is 6.07 Å². The van der Waals surface area contributed by atoms with Crippen molar-refractivity contribution in [1.82, 2.24) is 0 Å². The lowest BCUT2D eigenvalue weighted by Crippen LogP contribution is -2.50. The molecule has 2 aromatic rings. The summed E-state index contributed by atoms with van der Waals surface area (Å²) >= 11 is 0. The van der Waals surface area contributed by atoms with Gasteiger partial charge in [-0.15, -0.1) is 0 Å². The molecule has 9 heteroatoms. The number of carboxylic acid groups (broad SMARTS) is 2. The SMILES string of the molecule is COc1ccc(C2[C@@H](C(=O)O)C(c3cc(OC)c(OC)c(OC)c3)[C@@H]2C(=O)O)cc1OC. The third kappa shape index (κ3) is 3.74. The number of methoxy groups -OCH3 is 5. The monoisotopic (exact) mass is 446 g/mol. The van der Waals surface area contributed by atoms with Crippen LogP contribution in [0, 0.1) is 11.8 Å². The number of benzene rings is 2. The lowest BCUT2D eigenvalue weighted by Gasteiger charge is -2.48. The van der Waals surface area contributed by atoms with E-state index in [-0.39, 0.29) is 0 Å². The van der Waals surface area contributed by atoms with Crippen LogP contribution >= 0.6 is 0 Å². The molecule has 2 N–H and O–H groups in total. The van der Waals surface area contributed by atoms with E-state index in [9.17, 15) is 19.8 Å². The zero-order valence-corrected chi connectivity index (χ0v) is 18.4. The minimum absolute atomic E-state index is 0.324. The maximum Gasteiger partial charge on any atom is 0.307 e. The Morgan fingerprint density at radius 1 is 0.625 bits per heavy atom. The second kappa shape index (κ2) is 9.25. The Labute approximate surface area is 185 Å². The molecule has 0 aromatic heterocycles. The predicted octanol–water partition coefficient (Wildman–Crippen LogP) is 3.01. The maximum absolute atomic E-state index is 12.3.